The second-order valence-corrected chi connectivity index (χ2v) is 7.48. The monoisotopic (exact) mass is 346 g/mol. The lowest BCUT2D eigenvalue weighted by atomic mass is 9.85. The summed E-state index contributed by atoms with van der Waals surface area (Å²) in [5, 5.41) is 13.4. The highest BCUT2D eigenvalue weighted by molar-refractivity contribution is 5.76. The van der Waals surface area contributed by atoms with Crippen LogP contribution in [-0.2, 0) is 16.1 Å². The van der Waals surface area contributed by atoms with Crippen LogP contribution in [0.3, 0.4) is 0 Å². The number of hydrogen-bond acceptors (Lipinski definition) is 4. The number of carbonyl (C=O) groups excluding carboxylic acids is 1. The Bertz CT molecular complexity index is 543. The molecule has 1 amide bonds. The molecule has 0 bridgehead atoms. The van der Waals surface area contributed by atoms with Crippen molar-refractivity contribution in [2.75, 3.05) is 26.2 Å². The van der Waals surface area contributed by atoms with Gasteiger partial charge in [0.15, 0.2) is 0 Å². The molecule has 1 aromatic carbocycles. The fraction of sp³-hybridized carbons (Fsp3) is 0.650. The number of aliphatic hydroxyl groups is 1. The van der Waals surface area contributed by atoms with E-state index in [0.717, 1.165) is 45.3 Å². The predicted molar refractivity (Wildman–Crippen MR) is 97.1 cm³/mol. The van der Waals surface area contributed by atoms with Gasteiger partial charge in [0.1, 0.15) is 0 Å². The van der Waals surface area contributed by atoms with E-state index < -0.39 is 5.60 Å². The molecule has 5 heteroatoms. The van der Waals surface area contributed by atoms with Crippen LogP contribution in [0.5, 0.6) is 0 Å². The average Bonchev–Trinajstić information content (AvgIpc) is 2.62. The second-order valence-electron chi connectivity index (χ2n) is 7.48. The first-order chi connectivity index (χ1) is 12.1. The largest absolute Gasteiger partial charge is 0.388 e. The Morgan fingerprint density at radius 3 is 2.76 bits per heavy atom. The number of ether oxygens (including phenoxy) is 1. The number of nitrogens with one attached hydrogen (secondary N) is 1. The predicted octanol–water partition coefficient (Wildman–Crippen LogP) is 2.09. The van der Waals surface area contributed by atoms with Crippen molar-refractivity contribution in [1.29, 1.82) is 0 Å². The minimum atomic E-state index is -0.708. The zero-order chi connectivity index (χ0) is 17.5. The third kappa shape index (κ3) is 5.80. The summed E-state index contributed by atoms with van der Waals surface area (Å²) < 4.78 is 5.77. The maximum absolute atomic E-state index is 12.2. The minimum Gasteiger partial charge on any atom is -0.388 e. The molecule has 2 N–H and O–H groups in total. The fourth-order valence-corrected chi connectivity index (χ4v) is 3.82. The van der Waals surface area contributed by atoms with Crippen molar-refractivity contribution in [2.45, 2.75) is 56.8 Å². The molecule has 1 unspecified atom stereocenters. The highest BCUT2D eigenvalue weighted by Crippen LogP contribution is 2.27. The van der Waals surface area contributed by atoms with Crippen LogP contribution in [0.2, 0.25) is 0 Å². The van der Waals surface area contributed by atoms with Gasteiger partial charge < -0.3 is 15.2 Å². The molecule has 5 nitrogen and oxygen atoms in total. The van der Waals surface area contributed by atoms with Crippen molar-refractivity contribution >= 4 is 5.91 Å². The van der Waals surface area contributed by atoms with E-state index in [0.29, 0.717) is 19.6 Å². The molecule has 1 aromatic rings. The van der Waals surface area contributed by atoms with Gasteiger partial charge in [-0.15, -0.1) is 0 Å². The van der Waals surface area contributed by atoms with E-state index in [9.17, 15) is 9.90 Å². The van der Waals surface area contributed by atoms with Crippen molar-refractivity contribution in [2.24, 2.45) is 0 Å². The Kier molecular flexibility index (Phi) is 6.45. The number of carbonyl (C=O) groups is 1. The number of rotatable bonds is 6. The summed E-state index contributed by atoms with van der Waals surface area (Å²) in [5.41, 5.74) is 0.577. The number of morpholine rings is 1. The van der Waals surface area contributed by atoms with E-state index >= 15 is 0 Å². The number of nitrogens with zero attached hydrogens (tertiary/aromatic N) is 1. The van der Waals surface area contributed by atoms with Gasteiger partial charge in [-0.2, -0.15) is 0 Å². The average molecular weight is 346 g/mol. The molecule has 1 aliphatic carbocycles. The molecule has 138 valence electrons. The van der Waals surface area contributed by atoms with Gasteiger partial charge in [-0.05, 0) is 18.4 Å². The van der Waals surface area contributed by atoms with E-state index in [1.54, 1.807) is 0 Å². The highest BCUT2D eigenvalue weighted by Gasteiger charge is 2.30. The molecule has 0 radical (unpaired) electrons. The van der Waals surface area contributed by atoms with Crippen LogP contribution in [0.25, 0.3) is 0 Å². The molecule has 0 aromatic heterocycles. The van der Waals surface area contributed by atoms with Gasteiger partial charge in [-0.3, -0.25) is 9.69 Å². The summed E-state index contributed by atoms with van der Waals surface area (Å²) in [7, 11) is 0. The first-order valence-electron chi connectivity index (χ1n) is 9.50. The first kappa shape index (κ1) is 18.4. The SMILES string of the molecule is O=C(CC1CN(Cc2ccccc2)CCO1)NCC1(O)CCCCC1. The molecule has 1 atom stereocenters. The maximum atomic E-state index is 12.2. The normalized spacial score (nSPS) is 24.0. The molecule has 2 aliphatic rings. The number of benzene rings is 1. The lowest BCUT2D eigenvalue weighted by Gasteiger charge is -2.34. The van der Waals surface area contributed by atoms with Crippen LogP contribution in [0.1, 0.15) is 44.1 Å². The topological polar surface area (TPSA) is 61.8 Å². The summed E-state index contributed by atoms with van der Waals surface area (Å²) >= 11 is 0. The Balaban J connectivity index is 1.41. The second kappa shape index (κ2) is 8.79. The lowest BCUT2D eigenvalue weighted by Crippen LogP contribution is -2.47. The van der Waals surface area contributed by atoms with E-state index in [-0.39, 0.29) is 12.0 Å². The smallest absolute Gasteiger partial charge is 0.222 e. The maximum Gasteiger partial charge on any atom is 0.222 e. The molecular formula is C20H30N2O3. The van der Waals surface area contributed by atoms with E-state index in [4.69, 9.17) is 4.74 Å². The van der Waals surface area contributed by atoms with Crippen LogP contribution in [0.4, 0.5) is 0 Å². The molecule has 1 heterocycles. The van der Waals surface area contributed by atoms with Gasteiger partial charge in [0.25, 0.3) is 0 Å². The van der Waals surface area contributed by atoms with E-state index in [2.05, 4.69) is 34.5 Å². The molecule has 0 spiro atoms. The fourth-order valence-electron chi connectivity index (χ4n) is 3.82. The summed E-state index contributed by atoms with van der Waals surface area (Å²) in [6.07, 6.45) is 5.15. The quantitative estimate of drug-likeness (QED) is 0.828. The summed E-state index contributed by atoms with van der Waals surface area (Å²) in [6, 6.07) is 10.4. The van der Waals surface area contributed by atoms with Crippen molar-refractivity contribution in [3.63, 3.8) is 0 Å². The molecular weight excluding hydrogens is 316 g/mol. The van der Waals surface area contributed by atoms with Crippen LogP contribution < -0.4 is 5.32 Å². The lowest BCUT2D eigenvalue weighted by molar-refractivity contribution is -0.127. The van der Waals surface area contributed by atoms with Crippen LogP contribution in [0, 0.1) is 0 Å². The van der Waals surface area contributed by atoms with E-state index in [1.807, 2.05) is 6.07 Å². The van der Waals surface area contributed by atoms with Crippen LogP contribution in [0.15, 0.2) is 30.3 Å². The zero-order valence-corrected chi connectivity index (χ0v) is 15.0. The molecule has 2 fully saturated rings. The van der Waals surface area contributed by atoms with Gasteiger partial charge in [0, 0.05) is 26.2 Å². The van der Waals surface area contributed by atoms with Crippen molar-refractivity contribution in [3.8, 4) is 0 Å². The summed E-state index contributed by atoms with van der Waals surface area (Å²) in [4.78, 5) is 14.6. The Hall–Kier alpha value is -1.43. The number of amides is 1. The first-order valence-corrected chi connectivity index (χ1v) is 9.50. The molecule has 3 rings (SSSR count). The Morgan fingerprint density at radius 1 is 1.24 bits per heavy atom. The van der Waals surface area contributed by atoms with Gasteiger partial charge in [0.2, 0.25) is 5.91 Å². The molecule has 1 aliphatic heterocycles. The highest BCUT2D eigenvalue weighted by atomic mass is 16.5. The Morgan fingerprint density at radius 2 is 2.00 bits per heavy atom. The molecule has 25 heavy (non-hydrogen) atoms. The van der Waals surface area contributed by atoms with Crippen molar-refractivity contribution in [3.05, 3.63) is 35.9 Å². The van der Waals surface area contributed by atoms with Gasteiger partial charge in [-0.1, -0.05) is 49.6 Å². The van der Waals surface area contributed by atoms with Gasteiger partial charge in [0.05, 0.1) is 24.7 Å². The van der Waals surface area contributed by atoms with Crippen molar-refractivity contribution < 1.29 is 14.6 Å². The van der Waals surface area contributed by atoms with Crippen LogP contribution >= 0.6 is 0 Å². The third-order valence-corrected chi connectivity index (χ3v) is 5.28. The standard InChI is InChI=1S/C20H30N2O3/c23-19(21-16-20(24)9-5-2-6-10-20)13-18-15-22(11-12-25-18)14-17-7-3-1-4-8-17/h1,3-4,7-8,18,24H,2,5-6,9-16H2,(H,21,23). The Labute approximate surface area is 150 Å². The van der Waals surface area contributed by atoms with Gasteiger partial charge in [-0.25, -0.2) is 0 Å². The summed E-state index contributed by atoms with van der Waals surface area (Å²) in [6.45, 7) is 3.59. The van der Waals surface area contributed by atoms with Crippen LogP contribution in [-0.4, -0.2) is 53.9 Å². The third-order valence-electron chi connectivity index (χ3n) is 5.28. The van der Waals surface area contributed by atoms with Crippen molar-refractivity contribution in [1.82, 2.24) is 10.2 Å². The minimum absolute atomic E-state index is 0.0226. The van der Waals surface area contributed by atoms with Gasteiger partial charge >= 0.3 is 0 Å². The molecule has 1 saturated carbocycles. The summed E-state index contributed by atoms with van der Waals surface area (Å²) in [5.74, 6) is -0.0226. The number of hydrogen-bond donors (Lipinski definition) is 2. The van der Waals surface area contributed by atoms with E-state index in [1.165, 1.54) is 12.0 Å². The molecule has 1 saturated heterocycles. The zero-order valence-electron chi connectivity index (χ0n) is 15.0.